The Labute approximate surface area is 151 Å². The molecule has 1 heterocycles. The van der Waals surface area contributed by atoms with Crippen LogP contribution in [0.25, 0.3) is 0 Å². The number of nitrogens with one attached hydrogen (secondary N) is 1. The van der Waals surface area contributed by atoms with Gasteiger partial charge in [-0.05, 0) is 41.5 Å². The van der Waals surface area contributed by atoms with Crippen LogP contribution >= 0.6 is 0 Å². The van der Waals surface area contributed by atoms with Crippen LogP contribution in [0.15, 0.2) is 73.1 Å². The van der Waals surface area contributed by atoms with E-state index in [2.05, 4.69) is 10.3 Å². The van der Waals surface area contributed by atoms with E-state index < -0.39 is 0 Å². The first kappa shape index (κ1) is 17.6. The van der Waals surface area contributed by atoms with E-state index in [9.17, 15) is 9.18 Å². The third-order valence-electron chi connectivity index (χ3n) is 3.80. The summed E-state index contributed by atoms with van der Waals surface area (Å²) in [7, 11) is 0. The molecule has 5 heteroatoms. The number of rotatable bonds is 7. The van der Waals surface area contributed by atoms with Crippen LogP contribution in [0.1, 0.15) is 16.7 Å². The number of nitrogens with zero attached hydrogens (tertiary/aromatic N) is 1. The van der Waals surface area contributed by atoms with Crippen molar-refractivity contribution < 1.29 is 13.9 Å². The van der Waals surface area contributed by atoms with Crippen LogP contribution in [-0.2, 0) is 24.4 Å². The highest BCUT2D eigenvalue weighted by atomic mass is 19.1. The highest BCUT2D eigenvalue weighted by Crippen LogP contribution is 2.14. The van der Waals surface area contributed by atoms with Gasteiger partial charge in [-0.1, -0.05) is 30.3 Å². The van der Waals surface area contributed by atoms with Crippen LogP contribution in [0.5, 0.6) is 5.75 Å². The summed E-state index contributed by atoms with van der Waals surface area (Å²) >= 11 is 0. The average molecular weight is 350 g/mol. The summed E-state index contributed by atoms with van der Waals surface area (Å²) in [5.41, 5.74) is 2.62. The number of amides is 1. The number of pyridine rings is 1. The molecule has 0 saturated heterocycles. The zero-order chi connectivity index (χ0) is 18.2. The van der Waals surface area contributed by atoms with Crippen molar-refractivity contribution in [2.45, 2.75) is 19.6 Å². The standard InChI is InChI=1S/C21H19FN2O2/c22-19-5-1-3-17(11-19)12-21(25)24-14-16-6-8-20(9-7-16)26-15-18-4-2-10-23-13-18/h1-11,13H,12,14-15H2,(H,24,25). The van der Waals surface area contributed by atoms with Gasteiger partial charge in [0.05, 0.1) is 6.42 Å². The van der Waals surface area contributed by atoms with Gasteiger partial charge in [0.15, 0.2) is 0 Å². The molecule has 0 spiro atoms. The van der Waals surface area contributed by atoms with E-state index in [-0.39, 0.29) is 18.1 Å². The molecule has 0 saturated carbocycles. The van der Waals surface area contributed by atoms with Gasteiger partial charge in [0.1, 0.15) is 18.2 Å². The van der Waals surface area contributed by atoms with Gasteiger partial charge in [0.2, 0.25) is 5.91 Å². The molecule has 132 valence electrons. The molecule has 0 aliphatic rings. The van der Waals surface area contributed by atoms with E-state index in [0.717, 1.165) is 16.9 Å². The van der Waals surface area contributed by atoms with Crippen molar-refractivity contribution in [2.75, 3.05) is 0 Å². The summed E-state index contributed by atoms with van der Waals surface area (Å²) in [6.07, 6.45) is 3.65. The maximum absolute atomic E-state index is 13.1. The number of benzene rings is 2. The first-order valence-corrected chi connectivity index (χ1v) is 8.31. The minimum absolute atomic E-state index is 0.146. The Morgan fingerprint density at radius 2 is 1.81 bits per heavy atom. The molecule has 0 atom stereocenters. The second kappa shape index (κ2) is 8.76. The van der Waals surface area contributed by atoms with Crippen molar-refractivity contribution >= 4 is 5.91 Å². The Morgan fingerprint density at radius 1 is 1.00 bits per heavy atom. The zero-order valence-electron chi connectivity index (χ0n) is 14.2. The molecule has 3 rings (SSSR count). The lowest BCUT2D eigenvalue weighted by Crippen LogP contribution is -2.24. The smallest absolute Gasteiger partial charge is 0.224 e. The molecular formula is C21H19FN2O2. The lowest BCUT2D eigenvalue weighted by atomic mass is 10.1. The number of hydrogen-bond acceptors (Lipinski definition) is 3. The molecule has 26 heavy (non-hydrogen) atoms. The van der Waals surface area contributed by atoms with Crippen LogP contribution in [-0.4, -0.2) is 10.9 Å². The fourth-order valence-electron chi connectivity index (χ4n) is 2.45. The molecule has 1 aromatic heterocycles. The third-order valence-corrected chi connectivity index (χ3v) is 3.80. The number of ether oxygens (including phenoxy) is 1. The Morgan fingerprint density at radius 3 is 2.54 bits per heavy atom. The van der Waals surface area contributed by atoms with Crippen molar-refractivity contribution in [2.24, 2.45) is 0 Å². The minimum Gasteiger partial charge on any atom is -0.489 e. The lowest BCUT2D eigenvalue weighted by molar-refractivity contribution is -0.120. The summed E-state index contributed by atoms with van der Waals surface area (Å²) in [5.74, 6) is 0.272. The number of carbonyl (C=O) groups is 1. The van der Waals surface area contributed by atoms with Crippen molar-refractivity contribution in [3.05, 3.63) is 95.6 Å². The van der Waals surface area contributed by atoms with Crippen LogP contribution < -0.4 is 10.1 Å². The number of carbonyl (C=O) groups excluding carboxylic acids is 1. The van der Waals surface area contributed by atoms with Gasteiger partial charge in [-0.25, -0.2) is 4.39 Å². The third kappa shape index (κ3) is 5.41. The van der Waals surface area contributed by atoms with Crippen molar-refractivity contribution in [3.63, 3.8) is 0 Å². The maximum atomic E-state index is 13.1. The van der Waals surface area contributed by atoms with Crippen molar-refractivity contribution in [1.82, 2.24) is 10.3 Å². The van der Waals surface area contributed by atoms with Gasteiger partial charge in [-0.3, -0.25) is 9.78 Å². The largest absolute Gasteiger partial charge is 0.489 e. The summed E-state index contributed by atoms with van der Waals surface area (Å²) in [6.45, 7) is 0.870. The molecule has 3 aromatic rings. The van der Waals surface area contributed by atoms with E-state index >= 15 is 0 Å². The first-order chi connectivity index (χ1) is 12.7. The molecule has 4 nitrogen and oxygen atoms in total. The van der Waals surface area contributed by atoms with Crippen LogP contribution in [0.4, 0.5) is 4.39 Å². The second-order valence-corrected chi connectivity index (χ2v) is 5.88. The molecule has 0 aliphatic heterocycles. The van der Waals surface area contributed by atoms with Gasteiger partial charge >= 0.3 is 0 Å². The first-order valence-electron chi connectivity index (χ1n) is 8.31. The Kier molecular flexibility index (Phi) is 5.93. The normalized spacial score (nSPS) is 10.3. The number of halogens is 1. The van der Waals surface area contributed by atoms with E-state index in [1.54, 1.807) is 24.5 Å². The summed E-state index contributed by atoms with van der Waals surface area (Å²) in [4.78, 5) is 16.0. The molecule has 0 bridgehead atoms. The molecule has 1 N–H and O–H groups in total. The number of hydrogen-bond donors (Lipinski definition) is 1. The molecule has 0 aliphatic carbocycles. The SMILES string of the molecule is O=C(Cc1cccc(F)c1)NCc1ccc(OCc2cccnc2)cc1. The van der Waals surface area contributed by atoms with E-state index in [1.807, 2.05) is 36.4 Å². The van der Waals surface area contributed by atoms with Crippen LogP contribution in [0, 0.1) is 5.82 Å². The molecule has 0 radical (unpaired) electrons. The molecule has 1 amide bonds. The topological polar surface area (TPSA) is 51.2 Å². The fraction of sp³-hybridized carbons (Fsp3) is 0.143. The predicted octanol–water partition coefficient (Wildman–Crippen LogP) is 3.66. The quantitative estimate of drug-likeness (QED) is 0.707. The van der Waals surface area contributed by atoms with Crippen LogP contribution in [0.3, 0.4) is 0 Å². The number of aromatic nitrogens is 1. The lowest BCUT2D eigenvalue weighted by Gasteiger charge is -2.08. The Bertz CT molecular complexity index is 851. The molecule has 0 fully saturated rings. The van der Waals surface area contributed by atoms with E-state index in [0.29, 0.717) is 18.7 Å². The van der Waals surface area contributed by atoms with Crippen molar-refractivity contribution in [3.8, 4) is 5.75 Å². The highest BCUT2D eigenvalue weighted by Gasteiger charge is 2.04. The molecule has 2 aromatic carbocycles. The summed E-state index contributed by atoms with van der Waals surface area (Å²) < 4.78 is 18.8. The van der Waals surface area contributed by atoms with Gasteiger partial charge in [-0.2, -0.15) is 0 Å². The highest BCUT2D eigenvalue weighted by molar-refractivity contribution is 5.78. The monoisotopic (exact) mass is 350 g/mol. The Hall–Kier alpha value is -3.21. The van der Waals surface area contributed by atoms with Crippen LogP contribution in [0.2, 0.25) is 0 Å². The van der Waals surface area contributed by atoms with Gasteiger partial charge in [0, 0.05) is 24.5 Å². The van der Waals surface area contributed by atoms with E-state index in [4.69, 9.17) is 4.74 Å². The maximum Gasteiger partial charge on any atom is 0.224 e. The summed E-state index contributed by atoms with van der Waals surface area (Å²) in [6, 6.07) is 17.4. The predicted molar refractivity (Wildman–Crippen MR) is 97.0 cm³/mol. The van der Waals surface area contributed by atoms with Crippen molar-refractivity contribution in [1.29, 1.82) is 0 Å². The fourth-order valence-corrected chi connectivity index (χ4v) is 2.45. The molecule has 0 unspecified atom stereocenters. The van der Waals surface area contributed by atoms with E-state index in [1.165, 1.54) is 12.1 Å². The minimum atomic E-state index is -0.336. The molecular weight excluding hydrogens is 331 g/mol. The summed E-state index contributed by atoms with van der Waals surface area (Å²) in [5, 5.41) is 2.83. The zero-order valence-corrected chi connectivity index (χ0v) is 14.2. The average Bonchev–Trinajstić information content (AvgIpc) is 2.66. The Balaban J connectivity index is 1.46. The van der Waals surface area contributed by atoms with Gasteiger partial charge in [-0.15, -0.1) is 0 Å². The second-order valence-electron chi connectivity index (χ2n) is 5.88. The van der Waals surface area contributed by atoms with Gasteiger partial charge < -0.3 is 10.1 Å². The van der Waals surface area contributed by atoms with Gasteiger partial charge in [0.25, 0.3) is 0 Å².